The molecule has 0 atom stereocenters. The van der Waals surface area contributed by atoms with Gasteiger partial charge in [-0.3, -0.25) is 4.79 Å². The van der Waals surface area contributed by atoms with Gasteiger partial charge in [0.2, 0.25) is 5.91 Å². The standard InChI is InChI=1S/C14H18N2OS/c1-13(2,11-5-3-8-18-11)10-16-12(17)14(9-15)6-4-7-14/h3,5,8H,4,6-7,10H2,1-2H3,(H,16,17). The molecule has 0 radical (unpaired) electrons. The van der Waals surface area contributed by atoms with Gasteiger partial charge in [-0.2, -0.15) is 5.26 Å². The molecule has 0 aromatic carbocycles. The van der Waals surface area contributed by atoms with Gasteiger partial charge in [0.1, 0.15) is 5.41 Å². The largest absolute Gasteiger partial charge is 0.354 e. The van der Waals surface area contributed by atoms with Gasteiger partial charge in [0.05, 0.1) is 6.07 Å². The molecule has 1 fully saturated rings. The Labute approximate surface area is 112 Å². The van der Waals surface area contributed by atoms with Crippen LogP contribution in [-0.2, 0) is 10.2 Å². The van der Waals surface area contributed by atoms with Gasteiger partial charge in [0.25, 0.3) is 0 Å². The van der Waals surface area contributed by atoms with E-state index in [9.17, 15) is 4.79 Å². The molecule has 3 nitrogen and oxygen atoms in total. The van der Waals surface area contributed by atoms with Crippen molar-refractivity contribution in [2.24, 2.45) is 5.41 Å². The summed E-state index contributed by atoms with van der Waals surface area (Å²) in [4.78, 5) is 13.3. The number of amides is 1. The van der Waals surface area contributed by atoms with Gasteiger partial charge in [0.15, 0.2) is 0 Å². The van der Waals surface area contributed by atoms with Crippen molar-refractivity contribution in [1.82, 2.24) is 5.32 Å². The lowest BCUT2D eigenvalue weighted by molar-refractivity contribution is -0.132. The van der Waals surface area contributed by atoms with Crippen molar-refractivity contribution in [3.05, 3.63) is 22.4 Å². The summed E-state index contributed by atoms with van der Waals surface area (Å²) >= 11 is 1.70. The summed E-state index contributed by atoms with van der Waals surface area (Å²) < 4.78 is 0. The molecule has 1 saturated carbocycles. The first-order chi connectivity index (χ1) is 8.50. The maximum atomic E-state index is 12.1. The second kappa shape index (κ2) is 4.74. The number of nitriles is 1. The smallest absolute Gasteiger partial charge is 0.240 e. The first kappa shape index (κ1) is 13.1. The molecule has 1 aromatic rings. The minimum Gasteiger partial charge on any atom is -0.354 e. The minimum atomic E-state index is -0.745. The van der Waals surface area contributed by atoms with Crippen LogP contribution in [0.5, 0.6) is 0 Å². The van der Waals surface area contributed by atoms with E-state index in [1.54, 1.807) is 11.3 Å². The zero-order valence-corrected chi connectivity index (χ0v) is 11.6. The maximum absolute atomic E-state index is 12.1. The molecular formula is C14H18N2OS. The van der Waals surface area contributed by atoms with E-state index in [1.807, 2.05) is 11.4 Å². The van der Waals surface area contributed by atoms with E-state index in [4.69, 9.17) is 5.26 Å². The van der Waals surface area contributed by atoms with Crippen LogP contribution in [0, 0.1) is 16.7 Å². The summed E-state index contributed by atoms with van der Waals surface area (Å²) in [5, 5.41) is 14.1. The van der Waals surface area contributed by atoms with Crippen LogP contribution >= 0.6 is 11.3 Å². The Kier molecular flexibility index (Phi) is 3.45. The molecule has 2 rings (SSSR count). The lowest BCUT2D eigenvalue weighted by atomic mass is 9.69. The summed E-state index contributed by atoms with van der Waals surface area (Å²) in [5.74, 6) is -0.0964. The van der Waals surface area contributed by atoms with Crippen molar-refractivity contribution in [2.45, 2.75) is 38.5 Å². The van der Waals surface area contributed by atoms with E-state index in [2.05, 4.69) is 31.3 Å². The Bertz CT molecular complexity index is 466. The number of hydrogen-bond donors (Lipinski definition) is 1. The third-order valence-corrected chi connectivity index (χ3v) is 4.97. The van der Waals surface area contributed by atoms with E-state index in [0.717, 1.165) is 6.42 Å². The molecular weight excluding hydrogens is 244 g/mol. The Hall–Kier alpha value is -1.34. The van der Waals surface area contributed by atoms with Crippen LogP contribution in [-0.4, -0.2) is 12.5 Å². The molecule has 1 amide bonds. The summed E-state index contributed by atoms with van der Waals surface area (Å²) in [6, 6.07) is 6.28. The lowest BCUT2D eigenvalue weighted by Crippen LogP contribution is -2.47. The van der Waals surface area contributed by atoms with Gasteiger partial charge in [-0.25, -0.2) is 0 Å². The van der Waals surface area contributed by atoms with Crippen molar-refractivity contribution in [3.8, 4) is 6.07 Å². The zero-order valence-electron chi connectivity index (χ0n) is 10.8. The van der Waals surface area contributed by atoms with Gasteiger partial charge in [-0.05, 0) is 30.7 Å². The number of nitrogens with one attached hydrogen (secondary N) is 1. The van der Waals surface area contributed by atoms with E-state index < -0.39 is 5.41 Å². The summed E-state index contributed by atoms with van der Waals surface area (Å²) in [5.41, 5.74) is -0.824. The number of hydrogen-bond acceptors (Lipinski definition) is 3. The van der Waals surface area contributed by atoms with Crippen LogP contribution in [0.15, 0.2) is 17.5 Å². The molecule has 0 aliphatic heterocycles. The predicted molar refractivity (Wildman–Crippen MR) is 72.3 cm³/mol. The van der Waals surface area contributed by atoms with Gasteiger partial charge in [0, 0.05) is 16.8 Å². The lowest BCUT2D eigenvalue weighted by Gasteiger charge is -2.34. The number of rotatable bonds is 4. The van der Waals surface area contributed by atoms with Crippen molar-refractivity contribution >= 4 is 17.2 Å². The van der Waals surface area contributed by atoms with Crippen molar-refractivity contribution in [2.75, 3.05) is 6.54 Å². The average Bonchev–Trinajstić information content (AvgIpc) is 2.80. The highest BCUT2D eigenvalue weighted by Crippen LogP contribution is 2.40. The molecule has 0 unspecified atom stereocenters. The molecule has 1 aromatic heterocycles. The number of carbonyl (C=O) groups excluding carboxylic acids is 1. The second-order valence-electron chi connectivity index (χ2n) is 5.59. The van der Waals surface area contributed by atoms with E-state index >= 15 is 0 Å². The SMILES string of the molecule is CC(C)(CNC(=O)C1(C#N)CCC1)c1cccs1. The fraction of sp³-hybridized carbons (Fsp3) is 0.571. The van der Waals surface area contributed by atoms with E-state index in [1.165, 1.54) is 4.88 Å². The molecule has 1 aliphatic carbocycles. The monoisotopic (exact) mass is 262 g/mol. The van der Waals surface area contributed by atoms with Crippen LogP contribution in [0.2, 0.25) is 0 Å². The van der Waals surface area contributed by atoms with Crippen LogP contribution in [0.25, 0.3) is 0 Å². The summed E-state index contributed by atoms with van der Waals surface area (Å²) in [7, 11) is 0. The average molecular weight is 262 g/mol. The van der Waals surface area contributed by atoms with Crippen LogP contribution < -0.4 is 5.32 Å². The molecule has 0 spiro atoms. The zero-order chi connectivity index (χ0) is 13.2. The Morgan fingerprint density at radius 2 is 2.33 bits per heavy atom. The van der Waals surface area contributed by atoms with Crippen molar-refractivity contribution in [3.63, 3.8) is 0 Å². The second-order valence-corrected chi connectivity index (χ2v) is 6.54. The fourth-order valence-electron chi connectivity index (χ4n) is 2.14. The first-order valence-electron chi connectivity index (χ1n) is 6.24. The van der Waals surface area contributed by atoms with Gasteiger partial charge in [-0.15, -0.1) is 11.3 Å². The molecule has 1 N–H and O–H groups in total. The Balaban J connectivity index is 1.96. The molecule has 1 aliphatic rings. The number of nitrogens with zero attached hydrogens (tertiary/aromatic N) is 1. The predicted octanol–water partition coefficient (Wildman–Crippen LogP) is 2.84. The highest BCUT2D eigenvalue weighted by Gasteiger charge is 2.44. The molecule has 0 bridgehead atoms. The summed E-state index contributed by atoms with van der Waals surface area (Å²) in [6.07, 6.45) is 2.39. The van der Waals surface area contributed by atoms with Crippen LogP contribution in [0.3, 0.4) is 0 Å². The molecule has 96 valence electrons. The third-order valence-electron chi connectivity index (χ3n) is 3.73. The van der Waals surface area contributed by atoms with Gasteiger partial charge in [-0.1, -0.05) is 19.9 Å². The molecule has 0 saturated heterocycles. The van der Waals surface area contributed by atoms with Crippen LogP contribution in [0.1, 0.15) is 38.0 Å². The molecule has 1 heterocycles. The quantitative estimate of drug-likeness (QED) is 0.907. The van der Waals surface area contributed by atoms with Crippen molar-refractivity contribution in [1.29, 1.82) is 5.26 Å². The highest BCUT2D eigenvalue weighted by atomic mass is 32.1. The highest BCUT2D eigenvalue weighted by molar-refractivity contribution is 7.10. The molecule has 4 heteroatoms. The normalized spacial score (nSPS) is 17.6. The van der Waals surface area contributed by atoms with E-state index in [0.29, 0.717) is 19.4 Å². The van der Waals surface area contributed by atoms with Gasteiger partial charge >= 0.3 is 0 Å². The Morgan fingerprint density at radius 3 is 2.78 bits per heavy atom. The maximum Gasteiger partial charge on any atom is 0.240 e. The summed E-state index contributed by atoms with van der Waals surface area (Å²) in [6.45, 7) is 4.80. The molecule has 18 heavy (non-hydrogen) atoms. The van der Waals surface area contributed by atoms with E-state index in [-0.39, 0.29) is 11.3 Å². The Morgan fingerprint density at radius 1 is 1.61 bits per heavy atom. The van der Waals surface area contributed by atoms with Crippen molar-refractivity contribution < 1.29 is 4.79 Å². The topological polar surface area (TPSA) is 52.9 Å². The minimum absolute atomic E-state index is 0.0791. The fourth-order valence-corrected chi connectivity index (χ4v) is 2.99. The first-order valence-corrected chi connectivity index (χ1v) is 7.12. The van der Waals surface area contributed by atoms with Gasteiger partial charge < -0.3 is 5.32 Å². The third kappa shape index (κ3) is 2.28. The number of carbonyl (C=O) groups is 1. The van der Waals surface area contributed by atoms with Crippen LogP contribution in [0.4, 0.5) is 0 Å². The number of thiophene rings is 1.